The van der Waals surface area contributed by atoms with Crippen LogP contribution >= 0.6 is 15.9 Å². The quantitative estimate of drug-likeness (QED) is 0.556. The molecule has 100 valence electrons. The molecule has 0 bridgehead atoms. The number of carbonyl (C=O) groups is 1. The fraction of sp³-hybridized carbons (Fsp3) is 0.533. The Morgan fingerprint density at radius 3 is 2.33 bits per heavy atom. The maximum absolute atomic E-state index is 11.8. The Kier molecular flexibility index (Phi) is 7.02. The van der Waals surface area contributed by atoms with Gasteiger partial charge in [0.1, 0.15) is 0 Å². The van der Waals surface area contributed by atoms with Gasteiger partial charge < -0.3 is 4.74 Å². The van der Waals surface area contributed by atoms with E-state index in [1.165, 1.54) is 5.56 Å². The molecule has 0 unspecified atom stereocenters. The number of carbonyl (C=O) groups excluding carboxylic acids is 1. The van der Waals surface area contributed by atoms with E-state index in [1.54, 1.807) is 0 Å². The summed E-state index contributed by atoms with van der Waals surface area (Å²) in [6.07, 6.45) is 3.07. The van der Waals surface area contributed by atoms with Crippen LogP contribution < -0.4 is 0 Å². The van der Waals surface area contributed by atoms with E-state index in [4.69, 9.17) is 4.74 Å². The summed E-state index contributed by atoms with van der Waals surface area (Å²) in [5.41, 5.74) is 1.86. The summed E-state index contributed by atoms with van der Waals surface area (Å²) in [6, 6.07) is 7.64. The van der Waals surface area contributed by atoms with Gasteiger partial charge in [0.25, 0.3) is 0 Å². The highest BCUT2D eigenvalue weighted by atomic mass is 79.9. The molecular weight excluding hydrogens is 292 g/mol. The van der Waals surface area contributed by atoms with Crippen LogP contribution in [0.1, 0.15) is 42.6 Å². The van der Waals surface area contributed by atoms with Gasteiger partial charge in [-0.15, -0.1) is 0 Å². The van der Waals surface area contributed by atoms with E-state index < -0.39 is 0 Å². The van der Waals surface area contributed by atoms with Crippen LogP contribution in [0.5, 0.6) is 0 Å². The van der Waals surface area contributed by atoms with Crippen LogP contribution in [-0.4, -0.2) is 17.9 Å². The van der Waals surface area contributed by atoms with Crippen LogP contribution in [0.25, 0.3) is 0 Å². The highest BCUT2D eigenvalue weighted by molar-refractivity contribution is 9.09. The molecule has 1 rings (SSSR count). The van der Waals surface area contributed by atoms with Crippen molar-refractivity contribution >= 4 is 21.9 Å². The minimum Gasteiger partial charge on any atom is -0.462 e. The van der Waals surface area contributed by atoms with Crippen molar-refractivity contribution in [3.8, 4) is 0 Å². The number of esters is 1. The zero-order valence-electron chi connectivity index (χ0n) is 11.1. The van der Waals surface area contributed by atoms with Crippen molar-refractivity contribution in [2.75, 3.05) is 11.9 Å². The zero-order chi connectivity index (χ0) is 13.4. The van der Waals surface area contributed by atoms with Crippen molar-refractivity contribution in [3.63, 3.8) is 0 Å². The van der Waals surface area contributed by atoms with E-state index in [0.29, 0.717) is 18.1 Å². The summed E-state index contributed by atoms with van der Waals surface area (Å²) in [6.45, 7) is 4.77. The fourth-order valence-electron chi connectivity index (χ4n) is 1.72. The summed E-state index contributed by atoms with van der Waals surface area (Å²) in [5, 5.41) is 0.936. The van der Waals surface area contributed by atoms with Gasteiger partial charge in [-0.2, -0.15) is 0 Å². The number of halogens is 1. The maximum Gasteiger partial charge on any atom is 0.338 e. The van der Waals surface area contributed by atoms with Crippen molar-refractivity contribution in [1.29, 1.82) is 0 Å². The zero-order valence-corrected chi connectivity index (χ0v) is 12.7. The van der Waals surface area contributed by atoms with Crippen LogP contribution in [-0.2, 0) is 11.2 Å². The number of ether oxygens (including phenoxy) is 1. The Balaban J connectivity index is 2.51. The SMILES string of the molecule is CCC(CC)COC(=O)c1ccc(CCBr)cc1. The topological polar surface area (TPSA) is 26.3 Å². The molecule has 0 heterocycles. The molecule has 0 saturated carbocycles. The predicted molar refractivity (Wildman–Crippen MR) is 78.3 cm³/mol. The number of alkyl halides is 1. The molecule has 1 aromatic rings. The minimum absolute atomic E-state index is 0.215. The lowest BCUT2D eigenvalue weighted by molar-refractivity contribution is 0.0433. The molecule has 0 amide bonds. The first-order valence-electron chi connectivity index (χ1n) is 6.53. The lowest BCUT2D eigenvalue weighted by Crippen LogP contribution is -2.13. The second-order valence-electron chi connectivity index (χ2n) is 4.42. The van der Waals surface area contributed by atoms with Crippen molar-refractivity contribution in [1.82, 2.24) is 0 Å². The van der Waals surface area contributed by atoms with Gasteiger partial charge in [0.15, 0.2) is 0 Å². The van der Waals surface area contributed by atoms with Gasteiger partial charge in [-0.05, 0) is 30.0 Å². The molecule has 0 aliphatic heterocycles. The molecule has 0 spiro atoms. The van der Waals surface area contributed by atoms with Crippen molar-refractivity contribution in [2.45, 2.75) is 33.1 Å². The third-order valence-electron chi connectivity index (χ3n) is 3.18. The average molecular weight is 313 g/mol. The van der Waals surface area contributed by atoms with Crippen molar-refractivity contribution in [2.24, 2.45) is 5.92 Å². The summed E-state index contributed by atoms with van der Waals surface area (Å²) in [5.74, 6) is 0.258. The molecule has 0 saturated heterocycles. The molecule has 3 heteroatoms. The van der Waals surface area contributed by atoms with Gasteiger partial charge >= 0.3 is 5.97 Å². The van der Waals surface area contributed by atoms with E-state index in [0.717, 1.165) is 24.6 Å². The van der Waals surface area contributed by atoms with Gasteiger partial charge in [0, 0.05) is 5.33 Å². The van der Waals surface area contributed by atoms with Crippen LogP contribution in [0.4, 0.5) is 0 Å². The highest BCUT2D eigenvalue weighted by Gasteiger charge is 2.10. The van der Waals surface area contributed by atoms with E-state index >= 15 is 0 Å². The van der Waals surface area contributed by atoms with Crippen LogP contribution in [0.2, 0.25) is 0 Å². The summed E-state index contributed by atoms with van der Waals surface area (Å²) in [7, 11) is 0. The third-order valence-corrected chi connectivity index (χ3v) is 3.57. The van der Waals surface area contributed by atoms with Crippen LogP contribution in [0, 0.1) is 5.92 Å². The number of hydrogen-bond donors (Lipinski definition) is 0. The van der Waals surface area contributed by atoms with E-state index in [2.05, 4.69) is 29.8 Å². The van der Waals surface area contributed by atoms with Crippen LogP contribution in [0.15, 0.2) is 24.3 Å². The Bertz CT molecular complexity index is 355. The van der Waals surface area contributed by atoms with Crippen molar-refractivity contribution < 1.29 is 9.53 Å². The standard InChI is InChI=1S/C15H21BrO2/c1-3-12(4-2)11-18-15(17)14-7-5-13(6-8-14)9-10-16/h5-8,12H,3-4,9-11H2,1-2H3. The minimum atomic E-state index is -0.215. The molecule has 2 nitrogen and oxygen atoms in total. The Morgan fingerprint density at radius 1 is 1.22 bits per heavy atom. The summed E-state index contributed by atoms with van der Waals surface area (Å²) in [4.78, 5) is 11.8. The second-order valence-corrected chi connectivity index (χ2v) is 5.21. The molecule has 0 N–H and O–H groups in total. The lowest BCUT2D eigenvalue weighted by Gasteiger charge is -2.12. The van der Waals surface area contributed by atoms with E-state index in [9.17, 15) is 4.79 Å². The monoisotopic (exact) mass is 312 g/mol. The largest absolute Gasteiger partial charge is 0.462 e. The summed E-state index contributed by atoms with van der Waals surface area (Å²) >= 11 is 3.40. The van der Waals surface area contributed by atoms with Crippen LogP contribution in [0.3, 0.4) is 0 Å². The molecule has 0 atom stereocenters. The highest BCUT2D eigenvalue weighted by Crippen LogP contribution is 2.11. The predicted octanol–water partition coefficient (Wildman–Crippen LogP) is 4.22. The lowest BCUT2D eigenvalue weighted by atomic mass is 10.1. The van der Waals surface area contributed by atoms with Gasteiger partial charge in [0.2, 0.25) is 0 Å². The molecule has 0 radical (unpaired) electrons. The molecule has 0 fully saturated rings. The second kappa shape index (κ2) is 8.30. The number of rotatable bonds is 7. The van der Waals surface area contributed by atoms with Gasteiger partial charge in [-0.3, -0.25) is 0 Å². The fourth-order valence-corrected chi connectivity index (χ4v) is 2.18. The first-order chi connectivity index (χ1) is 8.71. The van der Waals surface area contributed by atoms with Crippen molar-refractivity contribution in [3.05, 3.63) is 35.4 Å². The molecule has 0 aliphatic rings. The first kappa shape index (κ1) is 15.2. The number of aryl methyl sites for hydroxylation is 1. The molecule has 1 aromatic carbocycles. The van der Waals surface area contributed by atoms with Gasteiger partial charge in [-0.1, -0.05) is 54.8 Å². The Morgan fingerprint density at radius 2 is 1.83 bits per heavy atom. The Labute approximate surface area is 118 Å². The van der Waals surface area contributed by atoms with E-state index in [1.807, 2.05) is 24.3 Å². The first-order valence-corrected chi connectivity index (χ1v) is 7.65. The molecule has 0 aliphatic carbocycles. The Hall–Kier alpha value is -0.830. The number of hydrogen-bond acceptors (Lipinski definition) is 2. The number of benzene rings is 1. The smallest absolute Gasteiger partial charge is 0.338 e. The van der Waals surface area contributed by atoms with Gasteiger partial charge in [-0.25, -0.2) is 4.79 Å². The average Bonchev–Trinajstić information content (AvgIpc) is 2.41. The summed E-state index contributed by atoms with van der Waals surface area (Å²) < 4.78 is 5.32. The molecule has 18 heavy (non-hydrogen) atoms. The van der Waals surface area contributed by atoms with E-state index in [-0.39, 0.29) is 5.97 Å². The molecule has 0 aromatic heterocycles. The molecular formula is C15H21BrO2. The van der Waals surface area contributed by atoms with Gasteiger partial charge in [0.05, 0.1) is 12.2 Å². The third kappa shape index (κ3) is 4.81. The normalized spacial score (nSPS) is 10.7. The maximum atomic E-state index is 11.8.